The number of carbonyl (C=O) groups is 2. The maximum atomic E-state index is 13.5. The van der Waals surface area contributed by atoms with Gasteiger partial charge >= 0.3 is 5.97 Å². The molecule has 3 aliphatic rings. The third-order valence-electron chi connectivity index (χ3n) is 9.82. The van der Waals surface area contributed by atoms with Crippen LogP contribution in [0.4, 0.5) is 0 Å². The molecule has 2 bridgehead atoms. The monoisotopic (exact) mass is 650 g/mol. The lowest BCUT2D eigenvalue weighted by molar-refractivity contribution is -0.296. The van der Waals surface area contributed by atoms with Gasteiger partial charge in [-0.25, -0.2) is 9.79 Å². The summed E-state index contributed by atoms with van der Waals surface area (Å²) < 4.78 is 32.0. The van der Waals surface area contributed by atoms with Crippen LogP contribution < -0.4 is 0 Å². The van der Waals surface area contributed by atoms with Crippen molar-refractivity contribution in [1.82, 2.24) is 4.90 Å². The highest BCUT2D eigenvalue weighted by atomic mass is 16.7. The van der Waals surface area contributed by atoms with Crippen LogP contribution in [0.2, 0.25) is 0 Å². The Bertz CT molecular complexity index is 1170. The molecule has 3 rings (SSSR count). The zero-order valence-corrected chi connectivity index (χ0v) is 29.7. The van der Waals surface area contributed by atoms with Crippen molar-refractivity contribution in [2.75, 3.05) is 27.3 Å². The van der Waals surface area contributed by atoms with Crippen LogP contribution in [-0.4, -0.2) is 114 Å². The lowest BCUT2D eigenvalue weighted by Gasteiger charge is -2.47. The fraction of sp³-hybridized carbons (Fsp3) is 0.800. The summed E-state index contributed by atoms with van der Waals surface area (Å²) >= 11 is 0. The third-order valence-corrected chi connectivity index (χ3v) is 9.82. The van der Waals surface area contributed by atoms with Gasteiger partial charge in [0.05, 0.1) is 37.1 Å². The van der Waals surface area contributed by atoms with Gasteiger partial charge in [0.15, 0.2) is 6.29 Å². The minimum atomic E-state index is -1.64. The van der Waals surface area contributed by atoms with Crippen LogP contribution in [0.25, 0.3) is 0 Å². The lowest BCUT2D eigenvalue weighted by atomic mass is 9.74. The average Bonchev–Trinajstić information content (AvgIpc) is 2.97. The maximum Gasteiger partial charge on any atom is 0.333 e. The largest absolute Gasteiger partial charge is 0.456 e. The number of aliphatic imine (C=N–C) groups is 1. The number of cyclic esters (lactones) is 1. The Labute approximate surface area is 275 Å². The SMILES string of the molecule is C=C1CO[C@H]2[C@@H](C)C(=NC(C)=O)[C@H](C)C[C@@](C)(OC1)[C@H](O[C@@H]1O[C@H](C)C[C@H](N(C)C)[C@H]1O)[C@@H](C)/C=C(/C)C(=O)O[C@H](CC)[C@@]2(C)O. The first kappa shape index (κ1) is 38.5. The highest BCUT2D eigenvalue weighted by molar-refractivity contribution is 5.98. The third kappa shape index (κ3) is 8.72. The van der Waals surface area contributed by atoms with E-state index in [1.165, 1.54) is 6.92 Å². The summed E-state index contributed by atoms with van der Waals surface area (Å²) in [6.45, 7) is 20.5. The fourth-order valence-electron chi connectivity index (χ4n) is 7.50. The summed E-state index contributed by atoms with van der Waals surface area (Å²) in [5.41, 5.74) is -1.19. The number of esters is 1. The normalized spacial score (nSPS) is 44.0. The fourth-order valence-corrected chi connectivity index (χ4v) is 7.50. The molecule has 0 unspecified atom stereocenters. The standard InChI is InChI=1S/C35H58N2O9/c1-13-27-35(10,41)31-24(7)28(36-25(8)38)22(5)16-34(9,43-18-19(2)17-42-31)30(20(3)14-21(4)32(40)45-27)46-33-29(39)26(37(11)12)15-23(6)44-33/h14,20,22-24,26-27,29-31,33,39,41H,2,13,15-18H2,1,3-12H3/b21-14-,36-28?/t20-,22+,23+,24-,26-,27+,29+,30+,31-,33-,34+,35+/m0/s1. The van der Waals surface area contributed by atoms with Crippen LogP contribution in [0.3, 0.4) is 0 Å². The van der Waals surface area contributed by atoms with E-state index in [1.54, 1.807) is 19.9 Å². The lowest BCUT2D eigenvalue weighted by Crippen LogP contribution is -2.58. The van der Waals surface area contributed by atoms with Crippen molar-refractivity contribution < 1.29 is 43.5 Å². The van der Waals surface area contributed by atoms with Crippen molar-refractivity contribution in [2.45, 2.75) is 136 Å². The van der Waals surface area contributed by atoms with E-state index < -0.39 is 59.7 Å². The molecule has 2 N–H and O–H groups in total. The molecular weight excluding hydrogens is 592 g/mol. The average molecular weight is 651 g/mol. The number of aliphatic hydroxyl groups is 2. The van der Waals surface area contributed by atoms with E-state index >= 15 is 0 Å². The second-order valence-electron chi connectivity index (χ2n) is 14.4. The summed E-state index contributed by atoms with van der Waals surface area (Å²) in [5.74, 6) is -2.29. The quantitative estimate of drug-likeness (QED) is 0.341. The number of aliphatic hydroxyl groups excluding tert-OH is 1. The van der Waals surface area contributed by atoms with E-state index in [2.05, 4.69) is 11.6 Å². The summed E-state index contributed by atoms with van der Waals surface area (Å²) in [6, 6.07) is -0.196. The van der Waals surface area contributed by atoms with Gasteiger partial charge in [0.2, 0.25) is 5.91 Å². The molecule has 11 heteroatoms. The molecule has 0 aliphatic carbocycles. The van der Waals surface area contributed by atoms with E-state index in [-0.39, 0.29) is 37.2 Å². The molecule has 0 aromatic rings. The van der Waals surface area contributed by atoms with Gasteiger partial charge in [-0.1, -0.05) is 40.3 Å². The van der Waals surface area contributed by atoms with E-state index in [9.17, 15) is 19.8 Å². The smallest absolute Gasteiger partial charge is 0.333 e. The van der Waals surface area contributed by atoms with Crippen LogP contribution in [0.1, 0.15) is 81.6 Å². The Morgan fingerprint density at radius 2 is 1.85 bits per heavy atom. The number of amides is 1. The Balaban J connectivity index is 2.28. The van der Waals surface area contributed by atoms with E-state index in [0.717, 1.165) is 0 Å². The molecule has 46 heavy (non-hydrogen) atoms. The molecule has 0 aromatic carbocycles. The van der Waals surface area contributed by atoms with Crippen LogP contribution in [0.15, 0.2) is 28.8 Å². The Morgan fingerprint density at radius 1 is 1.20 bits per heavy atom. The van der Waals surface area contributed by atoms with E-state index in [0.29, 0.717) is 36.1 Å². The van der Waals surface area contributed by atoms with Crippen molar-refractivity contribution in [3.05, 3.63) is 23.8 Å². The van der Waals surface area contributed by atoms with Crippen LogP contribution in [-0.2, 0) is 33.3 Å². The summed E-state index contributed by atoms with van der Waals surface area (Å²) in [5, 5.41) is 23.5. The van der Waals surface area contributed by atoms with Gasteiger partial charge in [-0.2, -0.15) is 0 Å². The van der Waals surface area contributed by atoms with Crippen LogP contribution in [0.5, 0.6) is 0 Å². The predicted octanol–water partition coefficient (Wildman–Crippen LogP) is 3.85. The number of carbonyl (C=O) groups excluding carboxylic acids is 2. The zero-order chi connectivity index (χ0) is 34.7. The number of ether oxygens (including phenoxy) is 5. The molecule has 0 spiro atoms. The molecule has 11 nitrogen and oxygen atoms in total. The number of rotatable bonds is 4. The van der Waals surface area contributed by atoms with E-state index in [1.807, 2.05) is 60.5 Å². The van der Waals surface area contributed by atoms with Crippen LogP contribution in [0, 0.1) is 17.8 Å². The number of fused-ring (bicyclic) bond motifs is 5. The molecule has 12 atom stereocenters. The molecule has 2 saturated heterocycles. The van der Waals surface area contributed by atoms with Gasteiger partial charge < -0.3 is 38.8 Å². The van der Waals surface area contributed by atoms with Crippen LogP contribution >= 0.6 is 0 Å². The predicted molar refractivity (Wildman–Crippen MR) is 175 cm³/mol. The van der Waals surface area contributed by atoms with Crippen molar-refractivity contribution >= 4 is 17.6 Å². The molecule has 2 fully saturated rings. The highest BCUT2D eigenvalue weighted by Crippen LogP contribution is 2.40. The number of hydrogen-bond acceptors (Lipinski definition) is 10. The second-order valence-corrected chi connectivity index (χ2v) is 14.4. The van der Waals surface area contributed by atoms with Crippen molar-refractivity contribution in [1.29, 1.82) is 0 Å². The molecule has 0 radical (unpaired) electrons. The molecular formula is C35H58N2O9. The molecule has 0 saturated carbocycles. The zero-order valence-electron chi connectivity index (χ0n) is 29.7. The van der Waals surface area contributed by atoms with Crippen molar-refractivity contribution in [2.24, 2.45) is 22.7 Å². The van der Waals surface area contributed by atoms with Gasteiger partial charge in [-0.05, 0) is 72.5 Å². The van der Waals surface area contributed by atoms with Gasteiger partial charge in [0.25, 0.3) is 0 Å². The molecule has 262 valence electrons. The van der Waals surface area contributed by atoms with E-state index in [4.69, 9.17) is 23.7 Å². The Hall–Kier alpha value is -1.99. The number of likely N-dealkylation sites (N-methyl/N-ethyl adjacent to an activating group) is 1. The van der Waals surface area contributed by atoms with Crippen molar-refractivity contribution in [3.63, 3.8) is 0 Å². The molecule has 3 heterocycles. The first-order chi connectivity index (χ1) is 21.3. The van der Waals surface area contributed by atoms with Gasteiger partial charge in [-0.3, -0.25) is 4.79 Å². The summed E-state index contributed by atoms with van der Waals surface area (Å²) in [6.07, 6.45) is -1.58. The minimum absolute atomic E-state index is 0.0538. The maximum absolute atomic E-state index is 13.5. The Morgan fingerprint density at radius 3 is 2.43 bits per heavy atom. The summed E-state index contributed by atoms with van der Waals surface area (Å²) in [7, 11) is 3.83. The number of nitrogens with zero attached hydrogens (tertiary/aromatic N) is 2. The molecule has 1 amide bonds. The number of hydrogen-bond donors (Lipinski definition) is 2. The molecule has 3 aliphatic heterocycles. The van der Waals surface area contributed by atoms with Gasteiger partial charge in [0, 0.05) is 36.1 Å². The second kappa shape index (κ2) is 15.5. The van der Waals surface area contributed by atoms with Gasteiger partial charge in [-0.15, -0.1) is 0 Å². The van der Waals surface area contributed by atoms with Crippen molar-refractivity contribution in [3.8, 4) is 0 Å². The summed E-state index contributed by atoms with van der Waals surface area (Å²) in [4.78, 5) is 32.5. The minimum Gasteiger partial charge on any atom is -0.456 e. The van der Waals surface area contributed by atoms with Gasteiger partial charge in [0.1, 0.15) is 17.8 Å². The molecule has 0 aromatic heterocycles. The first-order valence-electron chi connectivity index (χ1n) is 16.6. The Kier molecular flexibility index (Phi) is 12.9. The first-order valence-corrected chi connectivity index (χ1v) is 16.6. The topological polar surface area (TPSA) is 136 Å². The highest BCUT2D eigenvalue weighted by Gasteiger charge is 2.50.